The van der Waals surface area contributed by atoms with E-state index in [0.717, 1.165) is 6.07 Å². The van der Waals surface area contributed by atoms with Crippen LogP contribution in [0.3, 0.4) is 0 Å². The Morgan fingerprint density at radius 3 is 2.63 bits per heavy atom. The van der Waals surface area contributed by atoms with Gasteiger partial charge >= 0.3 is 6.18 Å². The highest BCUT2D eigenvalue weighted by Crippen LogP contribution is 2.38. The van der Waals surface area contributed by atoms with Crippen molar-refractivity contribution in [3.63, 3.8) is 0 Å². The van der Waals surface area contributed by atoms with Crippen molar-refractivity contribution in [2.24, 2.45) is 5.73 Å². The Bertz CT molecular complexity index is 461. The van der Waals surface area contributed by atoms with Gasteiger partial charge in [-0.25, -0.2) is 0 Å². The van der Waals surface area contributed by atoms with Crippen molar-refractivity contribution in [2.45, 2.75) is 32.0 Å². The maximum Gasteiger partial charge on any atom is 0.418 e. The number of nitrogens with two attached hydrogens (primary N) is 1. The molecule has 0 heterocycles. The minimum Gasteiger partial charge on any atom is -0.328 e. The van der Waals surface area contributed by atoms with E-state index in [1.165, 1.54) is 12.1 Å². The quantitative estimate of drug-likeness (QED) is 0.894. The van der Waals surface area contributed by atoms with Gasteiger partial charge in [-0.15, -0.1) is 0 Å². The fourth-order valence-corrected chi connectivity index (χ4v) is 1.67. The first-order valence-electron chi connectivity index (χ1n) is 5.63. The van der Waals surface area contributed by atoms with Crippen molar-refractivity contribution in [3.05, 3.63) is 28.8 Å². The second-order valence-corrected chi connectivity index (χ2v) is 4.63. The Labute approximate surface area is 113 Å². The number of carbonyl (C=O) groups is 1. The van der Waals surface area contributed by atoms with Crippen molar-refractivity contribution in [3.8, 4) is 0 Å². The first kappa shape index (κ1) is 15.8. The van der Waals surface area contributed by atoms with Crippen molar-refractivity contribution in [1.29, 1.82) is 0 Å². The van der Waals surface area contributed by atoms with Crippen LogP contribution in [-0.4, -0.2) is 11.9 Å². The third-order valence-electron chi connectivity index (χ3n) is 2.41. The fraction of sp³-hybridized carbons (Fsp3) is 0.417. The van der Waals surface area contributed by atoms with Crippen LogP contribution in [-0.2, 0) is 11.0 Å². The number of carbonyl (C=O) groups excluding carboxylic acids is 1. The van der Waals surface area contributed by atoms with E-state index in [2.05, 4.69) is 5.32 Å². The molecule has 1 aromatic carbocycles. The molecule has 0 fully saturated rings. The maximum atomic E-state index is 12.8. The van der Waals surface area contributed by atoms with Crippen molar-refractivity contribution in [2.75, 3.05) is 5.32 Å². The molecular formula is C12H14ClF3N2O. The summed E-state index contributed by atoms with van der Waals surface area (Å²) < 4.78 is 38.3. The molecule has 1 atom stereocenters. The third kappa shape index (κ3) is 4.72. The van der Waals surface area contributed by atoms with E-state index in [0.29, 0.717) is 6.42 Å². The second-order valence-electron chi connectivity index (χ2n) is 4.22. The number of rotatable bonds is 4. The largest absolute Gasteiger partial charge is 0.418 e. The number of benzene rings is 1. The number of nitrogens with one attached hydrogen (secondary N) is 1. The number of hydrogen-bond donors (Lipinski definition) is 2. The molecule has 3 N–H and O–H groups in total. The van der Waals surface area contributed by atoms with E-state index in [1.54, 1.807) is 6.92 Å². The first-order valence-corrected chi connectivity index (χ1v) is 6.00. The number of hydrogen-bond acceptors (Lipinski definition) is 2. The van der Waals surface area contributed by atoms with Gasteiger partial charge in [-0.05, 0) is 25.5 Å². The summed E-state index contributed by atoms with van der Waals surface area (Å²) in [7, 11) is 0. The van der Waals surface area contributed by atoms with Gasteiger partial charge in [0, 0.05) is 12.5 Å². The van der Waals surface area contributed by atoms with Crippen LogP contribution in [0.25, 0.3) is 0 Å². The minimum atomic E-state index is -4.57. The van der Waals surface area contributed by atoms with Crippen molar-refractivity contribution < 1.29 is 18.0 Å². The van der Waals surface area contributed by atoms with Gasteiger partial charge in [0.15, 0.2) is 0 Å². The van der Waals surface area contributed by atoms with Gasteiger partial charge in [-0.1, -0.05) is 17.7 Å². The number of amides is 1. The minimum absolute atomic E-state index is 0.0419. The Morgan fingerprint density at radius 2 is 2.11 bits per heavy atom. The summed E-state index contributed by atoms with van der Waals surface area (Å²) >= 11 is 5.70. The van der Waals surface area contributed by atoms with Gasteiger partial charge < -0.3 is 11.1 Å². The summed E-state index contributed by atoms with van der Waals surface area (Å²) in [5.74, 6) is -0.545. The van der Waals surface area contributed by atoms with Gasteiger partial charge in [0.1, 0.15) is 0 Å². The first-order chi connectivity index (χ1) is 8.71. The maximum absolute atomic E-state index is 12.8. The summed E-state index contributed by atoms with van der Waals surface area (Å²) in [4.78, 5) is 11.6. The van der Waals surface area contributed by atoms with Gasteiger partial charge in [0.05, 0.1) is 16.3 Å². The molecule has 19 heavy (non-hydrogen) atoms. The molecule has 0 bridgehead atoms. The van der Waals surface area contributed by atoms with E-state index >= 15 is 0 Å². The molecule has 0 saturated carbocycles. The zero-order chi connectivity index (χ0) is 14.6. The fourth-order valence-electron chi connectivity index (χ4n) is 1.45. The second kappa shape index (κ2) is 6.25. The zero-order valence-electron chi connectivity index (χ0n) is 10.2. The molecule has 106 valence electrons. The lowest BCUT2D eigenvalue weighted by Crippen LogP contribution is -2.21. The predicted octanol–water partition coefficient (Wildman–Crippen LogP) is 3.42. The monoisotopic (exact) mass is 294 g/mol. The average molecular weight is 295 g/mol. The number of alkyl halides is 3. The molecule has 3 nitrogen and oxygen atoms in total. The normalized spacial score (nSPS) is 13.2. The number of para-hydroxylation sites is 1. The van der Waals surface area contributed by atoms with E-state index in [9.17, 15) is 18.0 Å². The highest BCUT2D eigenvalue weighted by Gasteiger charge is 2.34. The van der Waals surface area contributed by atoms with E-state index in [1.807, 2.05) is 0 Å². The summed E-state index contributed by atoms with van der Waals surface area (Å²) in [5, 5.41) is 2.05. The van der Waals surface area contributed by atoms with Gasteiger partial charge in [-0.3, -0.25) is 4.79 Å². The Hall–Kier alpha value is -1.27. The Kier molecular flexibility index (Phi) is 5.20. The van der Waals surface area contributed by atoms with Crippen LogP contribution >= 0.6 is 11.6 Å². The summed E-state index contributed by atoms with van der Waals surface area (Å²) in [6.45, 7) is 1.71. The van der Waals surface area contributed by atoms with Gasteiger partial charge in [-0.2, -0.15) is 13.2 Å². The molecule has 0 radical (unpaired) electrons. The lowest BCUT2D eigenvalue weighted by molar-refractivity contribution is -0.137. The predicted molar refractivity (Wildman–Crippen MR) is 68.0 cm³/mol. The summed E-state index contributed by atoms with van der Waals surface area (Å²) in [5.41, 5.74) is 4.10. The SMILES string of the molecule is CC(N)CCC(=O)Nc1c(Cl)cccc1C(F)(F)F. The Morgan fingerprint density at radius 1 is 1.47 bits per heavy atom. The summed E-state index contributed by atoms with van der Waals surface area (Å²) in [6, 6.07) is 3.15. The Balaban J connectivity index is 2.91. The number of halogens is 4. The number of anilines is 1. The molecule has 0 aromatic heterocycles. The molecule has 0 spiro atoms. The molecule has 0 aliphatic rings. The topological polar surface area (TPSA) is 55.1 Å². The standard InChI is InChI=1S/C12H14ClF3N2O/c1-7(17)5-6-10(19)18-11-8(12(14,15)16)3-2-4-9(11)13/h2-4,7H,5-6,17H2,1H3,(H,18,19). The van der Waals surface area contributed by atoms with Gasteiger partial charge in [0.2, 0.25) is 5.91 Å². The summed E-state index contributed by atoms with van der Waals surface area (Å²) in [6.07, 6.45) is -4.15. The zero-order valence-corrected chi connectivity index (χ0v) is 11.0. The molecule has 7 heteroatoms. The third-order valence-corrected chi connectivity index (χ3v) is 2.73. The van der Waals surface area contributed by atoms with Crippen LogP contribution in [0.4, 0.5) is 18.9 Å². The molecule has 0 saturated heterocycles. The lowest BCUT2D eigenvalue weighted by atomic mass is 10.1. The molecule has 1 rings (SSSR count). The van der Waals surface area contributed by atoms with Gasteiger partial charge in [0.25, 0.3) is 0 Å². The van der Waals surface area contributed by atoms with Crippen LogP contribution in [0, 0.1) is 0 Å². The molecule has 1 unspecified atom stereocenters. The smallest absolute Gasteiger partial charge is 0.328 e. The van der Waals surface area contributed by atoms with Crippen LogP contribution in [0.5, 0.6) is 0 Å². The lowest BCUT2D eigenvalue weighted by Gasteiger charge is -2.15. The molecular weight excluding hydrogens is 281 g/mol. The highest BCUT2D eigenvalue weighted by molar-refractivity contribution is 6.34. The van der Waals surface area contributed by atoms with Crippen LogP contribution in [0.1, 0.15) is 25.3 Å². The highest BCUT2D eigenvalue weighted by atomic mass is 35.5. The van der Waals surface area contributed by atoms with Crippen molar-refractivity contribution in [1.82, 2.24) is 0 Å². The van der Waals surface area contributed by atoms with Crippen LogP contribution in [0.2, 0.25) is 5.02 Å². The van der Waals surface area contributed by atoms with E-state index in [-0.39, 0.29) is 17.5 Å². The van der Waals surface area contributed by atoms with Crippen molar-refractivity contribution >= 4 is 23.2 Å². The molecule has 1 amide bonds. The average Bonchev–Trinajstić information content (AvgIpc) is 2.27. The van der Waals surface area contributed by atoms with Crippen LogP contribution < -0.4 is 11.1 Å². The van der Waals surface area contributed by atoms with E-state index < -0.39 is 23.3 Å². The molecule has 0 aliphatic heterocycles. The van der Waals surface area contributed by atoms with Crippen LogP contribution in [0.15, 0.2) is 18.2 Å². The van der Waals surface area contributed by atoms with E-state index in [4.69, 9.17) is 17.3 Å². The molecule has 1 aromatic rings. The molecule has 0 aliphatic carbocycles.